The zero-order valence-electron chi connectivity index (χ0n) is 16.6. The van der Waals surface area contributed by atoms with E-state index in [9.17, 15) is 9.59 Å². The number of carbonyl (C=O) groups excluding carboxylic acids is 2. The maximum atomic E-state index is 12.7. The number of hydrogen-bond donors (Lipinski definition) is 2. The van der Waals surface area contributed by atoms with Gasteiger partial charge in [0, 0.05) is 12.1 Å². The molecule has 0 unspecified atom stereocenters. The molecule has 1 rings (SSSR count). The van der Waals surface area contributed by atoms with E-state index in [2.05, 4.69) is 10.6 Å². The van der Waals surface area contributed by atoms with E-state index in [4.69, 9.17) is 4.74 Å². The molecule has 0 radical (unpaired) electrons. The van der Waals surface area contributed by atoms with Crippen LogP contribution in [-0.4, -0.2) is 29.7 Å². The Labute approximate surface area is 151 Å². The van der Waals surface area contributed by atoms with Crippen LogP contribution in [0.25, 0.3) is 0 Å². The SMILES string of the molecule is CCC(CC)(CNC(=O)OC(C)(C)C)NC(=O)c1ccc(C)c(C)c1. The van der Waals surface area contributed by atoms with Crippen LogP contribution in [0.15, 0.2) is 18.2 Å². The summed E-state index contributed by atoms with van der Waals surface area (Å²) in [5.74, 6) is -0.127. The monoisotopic (exact) mass is 348 g/mol. The highest BCUT2D eigenvalue weighted by Crippen LogP contribution is 2.17. The molecule has 2 N–H and O–H groups in total. The number of aryl methyl sites for hydroxylation is 2. The molecule has 0 spiro atoms. The van der Waals surface area contributed by atoms with Gasteiger partial charge >= 0.3 is 6.09 Å². The van der Waals surface area contributed by atoms with Gasteiger partial charge in [0.1, 0.15) is 5.60 Å². The van der Waals surface area contributed by atoms with Gasteiger partial charge < -0.3 is 15.4 Å². The summed E-state index contributed by atoms with van der Waals surface area (Å²) >= 11 is 0. The summed E-state index contributed by atoms with van der Waals surface area (Å²) in [6.45, 7) is 13.8. The first-order chi connectivity index (χ1) is 11.5. The van der Waals surface area contributed by atoms with Crippen LogP contribution < -0.4 is 10.6 Å². The quantitative estimate of drug-likeness (QED) is 0.813. The average Bonchev–Trinajstić information content (AvgIpc) is 2.52. The minimum Gasteiger partial charge on any atom is -0.444 e. The number of rotatable bonds is 6. The molecule has 5 nitrogen and oxygen atoms in total. The zero-order chi connectivity index (χ0) is 19.3. The highest BCUT2D eigenvalue weighted by Gasteiger charge is 2.30. The van der Waals surface area contributed by atoms with Crippen molar-refractivity contribution in [2.24, 2.45) is 0 Å². The van der Waals surface area contributed by atoms with Crippen molar-refractivity contribution >= 4 is 12.0 Å². The highest BCUT2D eigenvalue weighted by atomic mass is 16.6. The minimum atomic E-state index is -0.548. The predicted octanol–water partition coefficient (Wildman–Crippen LogP) is 4.12. The van der Waals surface area contributed by atoms with E-state index in [1.165, 1.54) is 0 Å². The van der Waals surface area contributed by atoms with E-state index in [0.29, 0.717) is 24.9 Å². The van der Waals surface area contributed by atoms with E-state index in [-0.39, 0.29) is 5.91 Å². The Morgan fingerprint density at radius 3 is 2.12 bits per heavy atom. The van der Waals surface area contributed by atoms with Crippen molar-refractivity contribution < 1.29 is 14.3 Å². The molecule has 2 amide bonds. The number of benzene rings is 1. The van der Waals surface area contributed by atoms with E-state index >= 15 is 0 Å². The Kier molecular flexibility index (Phi) is 7.03. The fourth-order valence-corrected chi connectivity index (χ4v) is 2.47. The molecule has 0 atom stereocenters. The first-order valence-corrected chi connectivity index (χ1v) is 8.88. The Morgan fingerprint density at radius 2 is 1.64 bits per heavy atom. The lowest BCUT2D eigenvalue weighted by Crippen LogP contribution is -2.55. The number of alkyl carbamates (subject to hydrolysis) is 1. The molecule has 0 aliphatic carbocycles. The Balaban J connectivity index is 2.81. The second-order valence-electron chi connectivity index (χ2n) is 7.60. The summed E-state index contributed by atoms with van der Waals surface area (Å²) in [4.78, 5) is 24.6. The van der Waals surface area contributed by atoms with Crippen molar-refractivity contribution in [2.45, 2.75) is 72.4 Å². The van der Waals surface area contributed by atoms with Crippen molar-refractivity contribution in [3.8, 4) is 0 Å². The fraction of sp³-hybridized carbons (Fsp3) is 0.600. The fourth-order valence-electron chi connectivity index (χ4n) is 2.47. The van der Waals surface area contributed by atoms with Crippen LogP contribution >= 0.6 is 0 Å². The molecule has 140 valence electrons. The summed E-state index contributed by atoms with van der Waals surface area (Å²) in [7, 11) is 0. The van der Waals surface area contributed by atoms with Gasteiger partial charge in [0.05, 0.1) is 5.54 Å². The van der Waals surface area contributed by atoms with Gasteiger partial charge in [0.25, 0.3) is 5.91 Å². The van der Waals surface area contributed by atoms with Crippen LogP contribution in [0.2, 0.25) is 0 Å². The van der Waals surface area contributed by atoms with Crippen LogP contribution in [0, 0.1) is 13.8 Å². The smallest absolute Gasteiger partial charge is 0.407 e. The normalized spacial score (nSPS) is 11.8. The number of ether oxygens (including phenoxy) is 1. The van der Waals surface area contributed by atoms with Crippen LogP contribution in [0.1, 0.15) is 68.9 Å². The molecule has 0 aromatic heterocycles. The van der Waals surface area contributed by atoms with Crippen molar-refractivity contribution in [3.05, 3.63) is 34.9 Å². The first kappa shape index (κ1) is 21.0. The standard InChI is InChI=1S/C20H32N2O3/c1-8-20(9-2,13-21-18(24)25-19(5,6)7)22-17(23)16-11-10-14(3)15(4)12-16/h10-12H,8-9,13H2,1-7H3,(H,21,24)(H,22,23). The van der Waals surface area contributed by atoms with Crippen molar-refractivity contribution in [1.29, 1.82) is 0 Å². The first-order valence-electron chi connectivity index (χ1n) is 8.88. The molecule has 0 heterocycles. The second-order valence-corrected chi connectivity index (χ2v) is 7.60. The molecule has 1 aromatic carbocycles. The van der Waals surface area contributed by atoms with E-state index in [0.717, 1.165) is 11.1 Å². The molecule has 1 aromatic rings. The highest BCUT2D eigenvalue weighted by molar-refractivity contribution is 5.95. The lowest BCUT2D eigenvalue weighted by Gasteiger charge is -2.33. The largest absolute Gasteiger partial charge is 0.444 e. The van der Waals surface area contributed by atoms with Gasteiger partial charge in [0.2, 0.25) is 0 Å². The van der Waals surface area contributed by atoms with Crippen LogP contribution in [0.4, 0.5) is 4.79 Å². The molecule has 0 saturated heterocycles. The van der Waals surface area contributed by atoms with Crippen LogP contribution in [0.5, 0.6) is 0 Å². The zero-order valence-corrected chi connectivity index (χ0v) is 16.6. The Hall–Kier alpha value is -2.04. The van der Waals surface area contributed by atoms with Gasteiger partial charge in [-0.25, -0.2) is 4.79 Å². The summed E-state index contributed by atoms with van der Waals surface area (Å²) < 4.78 is 5.28. The number of nitrogens with one attached hydrogen (secondary N) is 2. The van der Waals surface area contributed by atoms with Gasteiger partial charge in [-0.05, 0) is 70.7 Å². The van der Waals surface area contributed by atoms with E-state index in [1.54, 1.807) is 0 Å². The molecular formula is C20H32N2O3. The van der Waals surface area contributed by atoms with Gasteiger partial charge in [-0.15, -0.1) is 0 Å². The third-order valence-electron chi connectivity index (χ3n) is 4.47. The summed E-state index contributed by atoms with van der Waals surface area (Å²) in [5.41, 5.74) is 1.81. The number of amides is 2. The average molecular weight is 348 g/mol. The Morgan fingerprint density at radius 1 is 1.04 bits per heavy atom. The van der Waals surface area contributed by atoms with E-state index in [1.807, 2.05) is 66.7 Å². The van der Waals surface area contributed by atoms with Gasteiger partial charge in [0.15, 0.2) is 0 Å². The number of carbonyl (C=O) groups is 2. The predicted molar refractivity (Wildman–Crippen MR) is 101 cm³/mol. The minimum absolute atomic E-state index is 0.127. The molecular weight excluding hydrogens is 316 g/mol. The topological polar surface area (TPSA) is 67.4 Å². The van der Waals surface area contributed by atoms with Gasteiger partial charge in [-0.3, -0.25) is 4.79 Å². The number of hydrogen-bond acceptors (Lipinski definition) is 3. The molecule has 25 heavy (non-hydrogen) atoms. The van der Waals surface area contributed by atoms with Crippen molar-refractivity contribution in [3.63, 3.8) is 0 Å². The molecule has 0 bridgehead atoms. The molecule has 5 heteroatoms. The summed E-state index contributed by atoms with van der Waals surface area (Å²) in [6, 6.07) is 5.67. The Bertz CT molecular complexity index is 614. The van der Waals surface area contributed by atoms with Gasteiger partial charge in [-0.1, -0.05) is 19.9 Å². The summed E-state index contributed by atoms with van der Waals surface area (Å²) in [6.07, 6.45) is 0.936. The van der Waals surface area contributed by atoms with Crippen molar-refractivity contribution in [1.82, 2.24) is 10.6 Å². The lowest BCUT2D eigenvalue weighted by molar-refractivity contribution is 0.0502. The van der Waals surface area contributed by atoms with Gasteiger partial charge in [-0.2, -0.15) is 0 Å². The molecule has 0 aliphatic heterocycles. The maximum absolute atomic E-state index is 12.7. The van der Waals surface area contributed by atoms with Crippen molar-refractivity contribution in [2.75, 3.05) is 6.54 Å². The van der Waals surface area contributed by atoms with Crippen LogP contribution in [0.3, 0.4) is 0 Å². The van der Waals surface area contributed by atoms with E-state index < -0.39 is 17.2 Å². The summed E-state index contributed by atoms with van der Waals surface area (Å²) in [5, 5.41) is 5.89. The second kappa shape index (κ2) is 8.37. The lowest BCUT2D eigenvalue weighted by atomic mass is 9.92. The molecule has 0 saturated carbocycles. The van der Waals surface area contributed by atoms with Crippen LogP contribution in [-0.2, 0) is 4.74 Å². The maximum Gasteiger partial charge on any atom is 0.407 e. The third kappa shape index (κ3) is 6.40. The molecule has 0 fully saturated rings. The third-order valence-corrected chi connectivity index (χ3v) is 4.47. The molecule has 0 aliphatic rings.